The molecule has 0 saturated carbocycles. The second kappa shape index (κ2) is 4.93. The molecule has 1 heterocycles. The van der Waals surface area contributed by atoms with Gasteiger partial charge in [-0.25, -0.2) is 0 Å². The second-order valence-corrected chi connectivity index (χ2v) is 4.03. The maximum atomic E-state index is 11.9. The van der Waals surface area contributed by atoms with Gasteiger partial charge in [0.25, 0.3) is 11.2 Å². The number of non-ortho nitro benzene ring substituents is 1. The molecular weight excluding hydrogens is 246 g/mol. The lowest BCUT2D eigenvalue weighted by Crippen LogP contribution is -2.23. The zero-order valence-corrected chi connectivity index (χ0v) is 10.4. The zero-order valence-electron chi connectivity index (χ0n) is 10.4. The van der Waals surface area contributed by atoms with Crippen LogP contribution in [0.25, 0.3) is 11.3 Å². The lowest BCUT2D eigenvalue weighted by molar-refractivity contribution is -0.384. The molecule has 2 aromatic rings. The Morgan fingerprint density at radius 2 is 1.84 bits per heavy atom. The van der Waals surface area contributed by atoms with Gasteiger partial charge in [-0.2, -0.15) is 0 Å². The summed E-state index contributed by atoms with van der Waals surface area (Å²) < 4.78 is 1.54. The molecule has 0 atom stereocenters. The highest BCUT2D eigenvalue weighted by atomic mass is 16.6. The van der Waals surface area contributed by atoms with Crippen molar-refractivity contribution in [1.82, 2.24) is 4.57 Å². The zero-order chi connectivity index (χ0) is 14.0. The van der Waals surface area contributed by atoms with E-state index in [4.69, 9.17) is 5.73 Å². The quantitative estimate of drug-likeness (QED) is 0.674. The van der Waals surface area contributed by atoms with Crippen molar-refractivity contribution in [2.45, 2.75) is 13.5 Å². The van der Waals surface area contributed by atoms with Crippen LogP contribution in [-0.4, -0.2) is 9.49 Å². The lowest BCUT2D eigenvalue weighted by Gasteiger charge is -2.11. The number of hydrogen-bond donors (Lipinski definition) is 1. The second-order valence-electron chi connectivity index (χ2n) is 4.03. The number of hydrogen-bond acceptors (Lipinski definition) is 4. The number of pyridine rings is 1. The number of nitrogen functional groups attached to an aromatic ring is 1. The first-order valence-electron chi connectivity index (χ1n) is 5.78. The van der Waals surface area contributed by atoms with E-state index in [-0.39, 0.29) is 16.9 Å². The Morgan fingerprint density at radius 3 is 2.37 bits per heavy atom. The molecular formula is C13H13N3O3. The van der Waals surface area contributed by atoms with Gasteiger partial charge in [-0.05, 0) is 36.8 Å². The van der Waals surface area contributed by atoms with Crippen LogP contribution in [0.1, 0.15) is 6.92 Å². The van der Waals surface area contributed by atoms with Crippen molar-refractivity contribution >= 4 is 11.4 Å². The van der Waals surface area contributed by atoms with E-state index in [1.54, 1.807) is 24.3 Å². The van der Waals surface area contributed by atoms with Crippen LogP contribution >= 0.6 is 0 Å². The normalized spacial score (nSPS) is 10.4. The van der Waals surface area contributed by atoms with Crippen LogP contribution in [0.4, 0.5) is 11.4 Å². The van der Waals surface area contributed by atoms with Gasteiger partial charge in [0, 0.05) is 18.7 Å². The number of anilines is 1. The average Bonchev–Trinajstić information content (AvgIpc) is 2.41. The van der Waals surface area contributed by atoms with Crippen LogP contribution in [0, 0.1) is 10.1 Å². The number of aromatic nitrogens is 1. The predicted molar refractivity (Wildman–Crippen MR) is 72.9 cm³/mol. The molecule has 0 aliphatic rings. The number of benzene rings is 1. The Bertz CT molecular complexity index is 675. The van der Waals surface area contributed by atoms with Gasteiger partial charge in [0.1, 0.15) is 0 Å². The molecule has 0 fully saturated rings. The number of nitrogens with zero attached hydrogens (tertiary/aromatic N) is 2. The van der Waals surface area contributed by atoms with Crippen molar-refractivity contribution in [2.75, 3.05) is 5.73 Å². The van der Waals surface area contributed by atoms with E-state index in [2.05, 4.69) is 0 Å². The molecule has 98 valence electrons. The average molecular weight is 259 g/mol. The molecule has 0 unspecified atom stereocenters. The fourth-order valence-electron chi connectivity index (χ4n) is 1.92. The molecule has 0 spiro atoms. The molecule has 19 heavy (non-hydrogen) atoms. The summed E-state index contributed by atoms with van der Waals surface area (Å²) >= 11 is 0. The third-order valence-electron chi connectivity index (χ3n) is 2.89. The Labute approximate surface area is 109 Å². The lowest BCUT2D eigenvalue weighted by atomic mass is 10.1. The minimum Gasteiger partial charge on any atom is -0.394 e. The first-order valence-corrected chi connectivity index (χ1v) is 5.78. The molecule has 0 radical (unpaired) electrons. The van der Waals surface area contributed by atoms with Crippen molar-refractivity contribution in [3.05, 3.63) is 56.9 Å². The summed E-state index contributed by atoms with van der Waals surface area (Å²) in [6, 6.07) is 9.35. The van der Waals surface area contributed by atoms with Crippen molar-refractivity contribution in [1.29, 1.82) is 0 Å². The standard InChI is InChI=1S/C13H13N3O3/c1-2-15-12(8-7-11(14)13(15)17)9-3-5-10(6-4-9)16(18)19/h3-8H,2,14H2,1H3. The first kappa shape index (κ1) is 12.8. The van der Waals surface area contributed by atoms with E-state index in [0.29, 0.717) is 12.2 Å². The summed E-state index contributed by atoms with van der Waals surface area (Å²) in [4.78, 5) is 22.0. The van der Waals surface area contributed by atoms with Gasteiger partial charge in [-0.15, -0.1) is 0 Å². The number of rotatable bonds is 3. The Morgan fingerprint density at radius 1 is 1.21 bits per heavy atom. The van der Waals surface area contributed by atoms with Crippen LogP contribution in [0.5, 0.6) is 0 Å². The summed E-state index contributed by atoms with van der Waals surface area (Å²) in [7, 11) is 0. The highest BCUT2D eigenvalue weighted by Gasteiger charge is 2.09. The van der Waals surface area contributed by atoms with Crippen LogP contribution in [0.15, 0.2) is 41.2 Å². The van der Waals surface area contributed by atoms with E-state index in [1.165, 1.54) is 16.7 Å². The Kier molecular flexibility index (Phi) is 3.33. The van der Waals surface area contributed by atoms with Crippen LogP contribution in [0.3, 0.4) is 0 Å². The molecule has 0 amide bonds. The van der Waals surface area contributed by atoms with Gasteiger partial charge in [0.2, 0.25) is 0 Å². The predicted octanol–water partition coefficient (Wildman–Crippen LogP) is 2.03. The fourth-order valence-corrected chi connectivity index (χ4v) is 1.92. The van der Waals surface area contributed by atoms with Gasteiger partial charge in [-0.1, -0.05) is 0 Å². The topological polar surface area (TPSA) is 91.2 Å². The molecule has 1 aromatic heterocycles. The molecule has 0 bridgehead atoms. The van der Waals surface area contributed by atoms with E-state index < -0.39 is 4.92 Å². The van der Waals surface area contributed by atoms with Crippen molar-refractivity contribution < 1.29 is 4.92 Å². The van der Waals surface area contributed by atoms with Crippen molar-refractivity contribution in [3.63, 3.8) is 0 Å². The summed E-state index contributed by atoms with van der Waals surface area (Å²) in [5, 5.41) is 10.6. The molecule has 6 heteroatoms. The monoisotopic (exact) mass is 259 g/mol. The highest BCUT2D eigenvalue weighted by Crippen LogP contribution is 2.22. The van der Waals surface area contributed by atoms with Gasteiger partial charge in [0.15, 0.2) is 0 Å². The number of nitrogens with two attached hydrogens (primary N) is 1. The van der Waals surface area contributed by atoms with Gasteiger partial charge >= 0.3 is 0 Å². The smallest absolute Gasteiger partial charge is 0.274 e. The molecule has 0 aliphatic carbocycles. The van der Waals surface area contributed by atoms with Crippen molar-refractivity contribution in [3.8, 4) is 11.3 Å². The van der Waals surface area contributed by atoms with E-state index >= 15 is 0 Å². The minimum absolute atomic E-state index is 0.0181. The molecule has 2 N–H and O–H groups in total. The fraction of sp³-hybridized carbons (Fsp3) is 0.154. The van der Waals surface area contributed by atoms with Crippen molar-refractivity contribution in [2.24, 2.45) is 0 Å². The maximum Gasteiger partial charge on any atom is 0.274 e. The van der Waals surface area contributed by atoms with E-state index in [0.717, 1.165) is 5.56 Å². The van der Waals surface area contributed by atoms with Gasteiger partial charge < -0.3 is 10.3 Å². The van der Waals surface area contributed by atoms with E-state index in [1.807, 2.05) is 6.92 Å². The summed E-state index contributed by atoms with van der Waals surface area (Å²) in [6.07, 6.45) is 0. The molecule has 0 aliphatic heterocycles. The van der Waals surface area contributed by atoms with Crippen LogP contribution in [-0.2, 0) is 6.54 Å². The highest BCUT2D eigenvalue weighted by molar-refractivity contribution is 5.63. The summed E-state index contributed by atoms with van der Waals surface area (Å²) in [6.45, 7) is 2.33. The number of nitro groups is 1. The molecule has 6 nitrogen and oxygen atoms in total. The first-order chi connectivity index (χ1) is 9.04. The largest absolute Gasteiger partial charge is 0.394 e. The minimum atomic E-state index is -0.459. The van der Waals surface area contributed by atoms with Gasteiger partial charge in [0.05, 0.1) is 16.3 Å². The third kappa shape index (κ3) is 2.33. The number of nitro benzene ring substituents is 1. The summed E-state index contributed by atoms with van der Waals surface area (Å²) in [5.74, 6) is 0. The third-order valence-corrected chi connectivity index (χ3v) is 2.89. The van der Waals surface area contributed by atoms with Gasteiger partial charge in [-0.3, -0.25) is 14.9 Å². The molecule has 0 saturated heterocycles. The Balaban J connectivity index is 2.56. The maximum absolute atomic E-state index is 11.9. The van der Waals surface area contributed by atoms with Crippen LogP contribution < -0.4 is 11.3 Å². The van der Waals surface area contributed by atoms with E-state index in [9.17, 15) is 14.9 Å². The SMILES string of the molecule is CCn1c(-c2ccc([N+](=O)[O-])cc2)ccc(N)c1=O. The Hall–Kier alpha value is -2.63. The molecule has 1 aromatic carbocycles. The van der Waals surface area contributed by atoms with Crippen LogP contribution in [0.2, 0.25) is 0 Å². The summed E-state index contributed by atoms with van der Waals surface area (Å²) in [5.41, 5.74) is 6.97. The molecule has 2 rings (SSSR count).